The molecule has 0 N–H and O–H groups in total. The maximum atomic E-state index is 12.9. The van der Waals surface area contributed by atoms with Crippen LogP contribution in [-0.2, 0) is 20.7 Å². The van der Waals surface area contributed by atoms with Gasteiger partial charge >= 0.3 is 11.9 Å². The van der Waals surface area contributed by atoms with Crippen molar-refractivity contribution < 1.29 is 28.7 Å². The van der Waals surface area contributed by atoms with Crippen molar-refractivity contribution in [2.45, 2.75) is 38.6 Å². The molecule has 1 aliphatic rings. The summed E-state index contributed by atoms with van der Waals surface area (Å²) < 4.78 is 9.73. The van der Waals surface area contributed by atoms with E-state index in [0.29, 0.717) is 36.1 Å². The van der Waals surface area contributed by atoms with Gasteiger partial charge in [0.2, 0.25) is 0 Å². The van der Waals surface area contributed by atoms with Crippen molar-refractivity contribution in [1.29, 1.82) is 0 Å². The van der Waals surface area contributed by atoms with E-state index in [4.69, 9.17) is 4.74 Å². The smallest absolute Gasteiger partial charge is 0.308 e. The lowest BCUT2D eigenvalue weighted by Gasteiger charge is -2.26. The summed E-state index contributed by atoms with van der Waals surface area (Å²) in [6.45, 7) is 1.33. The van der Waals surface area contributed by atoms with Gasteiger partial charge in [-0.15, -0.1) is 0 Å². The van der Waals surface area contributed by atoms with Gasteiger partial charge in [-0.05, 0) is 49.1 Å². The normalized spacial score (nSPS) is 13.7. The molecule has 0 saturated carbocycles. The summed E-state index contributed by atoms with van der Waals surface area (Å²) >= 11 is 0. The van der Waals surface area contributed by atoms with Crippen molar-refractivity contribution in [2.24, 2.45) is 0 Å². The predicted octanol–water partition coefficient (Wildman–Crippen LogP) is 3.16. The fraction of sp³-hybridized carbons (Fsp3) is 0.304. The van der Waals surface area contributed by atoms with E-state index in [1.54, 1.807) is 48.5 Å². The molecular weight excluding hydrogens is 386 g/mol. The monoisotopic (exact) mass is 409 g/mol. The van der Waals surface area contributed by atoms with Gasteiger partial charge in [-0.1, -0.05) is 24.3 Å². The first kappa shape index (κ1) is 21.2. The molecule has 2 aromatic carbocycles. The summed E-state index contributed by atoms with van der Waals surface area (Å²) in [5.74, 6) is -0.962. The molecule has 1 unspecified atom stereocenters. The van der Waals surface area contributed by atoms with Gasteiger partial charge in [-0.2, -0.15) is 0 Å². The first-order valence-corrected chi connectivity index (χ1v) is 9.71. The van der Waals surface area contributed by atoms with Crippen LogP contribution in [0.3, 0.4) is 0 Å². The third-order valence-corrected chi connectivity index (χ3v) is 4.99. The minimum absolute atomic E-state index is 0.210. The second-order valence-electron chi connectivity index (χ2n) is 7.09. The van der Waals surface area contributed by atoms with Crippen LogP contribution in [0.25, 0.3) is 0 Å². The van der Waals surface area contributed by atoms with E-state index >= 15 is 0 Å². The Bertz CT molecular complexity index is 931. The third-order valence-electron chi connectivity index (χ3n) is 4.99. The lowest BCUT2D eigenvalue weighted by Crippen LogP contribution is -2.41. The molecule has 3 rings (SSSR count). The first-order valence-electron chi connectivity index (χ1n) is 9.71. The molecule has 0 aliphatic carbocycles. The van der Waals surface area contributed by atoms with Gasteiger partial charge in [0.05, 0.1) is 18.2 Å². The molecule has 7 nitrogen and oxygen atoms in total. The highest BCUT2D eigenvalue weighted by molar-refractivity contribution is 6.21. The number of hydrogen-bond donors (Lipinski definition) is 0. The lowest BCUT2D eigenvalue weighted by molar-refractivity contribution is -0.140. The van der Waals surface area contributed by atoms with Crippen molar-refractivity contribution in [3.05, 3.63) is 65.2 Å². The SMILES string of the molecule is COC(=O)CCCC(Cc1ccc(OC(C)=O)cc1)N1C(=O)c2ccccc2C1=O. The third kappa shape index (κ3) is 4.74. The number of amides is 2. The van der Waals surface area contributed by atoms with E-state index in [0.717, 1.165) is 5.56 Å². The van der Waals surface area contributed by atoms with Crippen LogP contribution >= 0.6 is 0 Å². The number of hydrogen-bond acceptors (Lipinski definition) is 6. The zero-order chi connectivity index (χ0) is 21.7. The Morgan fingerprint density at radius 2 is 1.57 bits per heavy atom. The van der Waals surface area contributed by atoms with E-state index < -0.39 is 12.0 Å². The molecule has 156 valence electrons. The fourth-order valence-corrected chi connectivity index (χ4v) is 3.58. The van der Waals surface area contributed by atoms with Crippen molar-refractivity contribution in [3.8, 4) is 5.75 Å². The highest BCUT2D eigenvalue weighted by Gasteiger charge is 2.39. The van der Waals surface area contributed by atoms with Gasteiger partial charge in [0.15, 0.2) is 0 Å². The molecule has 0 aromatic heterocycles. The molecule has 0 spiro atoms. The molecule has 2 amide bonds. The number of methoxy groups -OCH3 is 1. The van der Waals surface area contributed by atoms with Crippen molar-refractivity contribution in [3.63, 3.8) is 0 Å². The Morgan fingerprint density at radius 3 is 2.10 bits per heavy atom. The van der Waals surface area contributed by atoms with E-state index in [2.05, 4.69) is 4.74 Å². The number of rotatable bonds is 8. The topological polar surface area (TPSA) is 90.0 Å². The second kappa shape index (κ2) is 9.35. The van der Waals surface area contributed by atoms with Crippen LogP contribution in [0.1, 0.15) is 52.5 Å². The van der Waals surface area contributed by atoms with Crippen LogP contribution in [0.4, 0.5) is 0 Å². The highest BCUT2D eigenvalue weighted by Crippen LogP contribution is 2.28. The van der Waals surface area contributed by atoms with Crippen molar-refractivity contribution in [2.75, 3.05) is 7.11 Å². The Balaban J connectivity index is 1.80. The van der Waals surface area contributed by atoms with Gasteiger partial charge in [0.25, 0.3) is 11.8 Å². The standard InChI is InChI=1S/C23H23NO6/c1-15(25)30-18-12-10-16(11-13-18)14-17(6-5-9-21(26)29-2)24-22(27)19-7-3-4-8-20(19)23(24)28/h3-4,7-8,10-13,17H,5-6,9,14H2,1-2H3. The number of carbonyl (C=O) groups is 4. The first-order chi connectivity index (χ1) is 14.4. The number of fused-ring (bicyclic) bond motifs is 1. The molecular formula is C23H23NO6. The van der Waals surface area contributed by atoms with Crippen LogP contribution in [-0.4, -0.2) is 41.8 Å². The van der Waals surface area contributed by atoms with Gasteiger partial charge in [-0.3, -0.25) is 24.1 Å². The van der Waals surface area contributed by atoms with Crippen molar-refractivity contribution in [1.82, 2.24) is 4.90 Å². The Morgan fingerprint density at radius 1 is 0.967 bits per heavy atom. The van der Waals surface area contributed by atoms with Crippen LogP contribution in [0.15, 0.2) is 48.5 Å². The summed E-state index contributed by atoms with van der Waals surface area (Å²) in [5, 5.41) is 0. The average Bonchev–Trinajstić information content (AvgIpc) is 2.99. The summed E-state index contributed by atoms with van der Waals surface area (Å²) in [6.07, 6.45) is 1.58. The van der Waals surface area contributed by atoms with Crippen LogP contribution < -0.4 is 4.74 Å². The zero-order valence-corrected chi connectivity index (χ0v) is 16.9. The molecule has 1 atom stereocenters. The summed E-state index contributed by atoms with van der Waals surface area (Å²) in [6, 6.07) is 13.3. The quantitative estimate of drug-likeness (QED) is 0.378. The maximum absolute atomic E-state index is 12.9. The van der Waals surface area contributed by atoms with E-state index in [-0.39, 0.29) is 24.2 Å². The predicted molar refractivity (Wildman–Crippen MR) is 108 cm³/mol. The molecule has 1 heterocycles. The molecule has 0 bridgehead atoms. The largest absolute Gasteiger partial charge is 0.469 e. The van der Waals surface area contributed by atoms with Crippen LogP contribution in [0.2, 0.25) is 0 Å². The highest BCUT2D eigenvalue weighted by atomic mass is 16.5. The van der Waals surface area contributed by atoms with E-state index in [1.807, 2.05) is 0 Å². The molecule has 0 radical (unpaired) electrons. The van der Waals surface area contributed by atoms with Crippen LogP contribution in [0.5, 0.6) is 5.75 Å². The Labute approximate surface area is 174 Å². The summed E-state index contributed by atoms with van der Waals surface area (Å²) in [7, 11) is 1.33. The van der Waals surface area contributed by atoms with Gasteiger partial charge < -0.3 is 9.47 Å². The summed E-state index contributed by atoms with van der Waals surface area (Å²) in [4.78, 5) is 49.7. The van der Waals surface area contributed by atoms with Gasteiger partial charge in [0, 0.05) is 19.4 Å². The zero-order valence-electron chi connectivity index (χ0n) is 16.9. The maximum Gasteiger partial charge on any atom is 0.308 e. The molecule has 30 heavy (non-hydrogen) atoms. The molecule has 0 fully saturated rings. The van der Waals surface area contributed by atoms with Crippen LogP contribution in [0, 0.1) is 0 Å². The lowest BCUT2D eigenvalue weighted by atomic mass is 9.99. The molecule has 0 saturated heterocycles. The molecule has 7 heteroatoms. The fourth-order valence-electron chi connectivity index (χ4n) is 3.58. The van der Waals surface area contributed by atoms with E-state index in [9.17, 15) is 19.2 Å². The molecule has 1 aliphatic heterocycles. The van der Waals surface area contributed by atoms with Crippen molar-refractivity contribution >= 4 is 23.8 Å². The Kier molecular flexibility index (Phi) is 6.61. The minimum Gasteiger partial charge on any atom is -0.469 e. The Hall–Kier alpha value is -3.48. The summed E-state index contributed by atoms with van der Waals surface area (Å²) in [5.41, 5.74) is 1.67. The van der Waals surface area contributed by atoms with Gasteiger partial charge in [-0.25, -0.2) is 0 Å². The minimum atomic E-state index is -0.415. The number of carbonyl (C=O) groups excluding carboxylic acids is 4. The number of imide groups is 1. The number of ether oxygens (including phenoxy) is 2. The number of benzene rings is 2. The van der Waals surface area contributed by atoms with Gasteiger partial charge in [0.1, 0.15) is 5.75 Å². The number of nitrogens with zero attached hydrogens (tertiary/aromatic N) is 1. The average molecular weight is 409 g/mol. The molecule has 2 aromatic rings. The van der Waals surface area contributed by atoms with E-state index in [1.165, 1.54) is 18.9 Å². The number of esters is 2. The second-order valence-corrected chi connectivity index (χ2v) is 7.09.